The highest BCUT2D eigenvalue weighted by molar-refractivity contribution is 5.30. The Morgan fingerprint density at radius 2 is 2.00 bits per heavy atom. The van der Waals surface area contributed by atoms with E-state index in [1.54, 1.807) is 0 Å². The first-order valence-corrected chi connectivity index (χ1v) is 2.21. The van der Waals surface area contributed by atoms with Gasteiger partial charge >= 0.3 is 0 Å². The Labute approximate surface area is 51.9 Å². The molecule has 0 bridgehead atoms. The molecule has 0 aliphatic carbocycles. The molecule has 0 atom stereocenters. The van der Waals surface area contributed by atoms with Crippen molar-refractivity contribution in [3.8, 4) is 6.07 Å². The predicted octanol–water partition coefficient (Wildman–Crippen LogP) is 2.24. The van der Waals surface area contributed by atoms with Crippen LogP contribution in [0, 0.1) is 11.3 Å². The lowest BCUT2D eigenvalue weighted by Gasteiger charge is -1.88. The molecule has 0 radical (unpaired) electrons. The smallest absolute Gasteiger partial charge is 0.171 e. The van der Waals surface area contributed by atoms with Crippen LogP contribution >= 0.6 is 0 Å². The Kier molecular flexibility index (Phi) is 2.59. The van der Waals surface area contributed by atoms with Gasteiger partial charge in [0.15, 0.2) is 11.7 Å². The van der Waals surface area contributed by atoms with Crippen molar-refractivity contribution in [2.24, 2.45) is 0 Å². The largest absolute Gasteiger partial charge is 0.204 e. The lowest BCUT2D eigenvalue weighted by molar-refractivity contribution is 0.543. The summed E-state index contributed by atoms with van der Waals surface area (Å²) in [6.45, 7) is 3.85. The first kappa shape index (κ1) is 7.83. The molecule has 0 heterocycles. The van der Waals surface area contributed by atoms with E-state index in [1.807, 2.05) is 0 Å². The maximum Gasteiger partial charge on any atom is 0.171 e. The van der Waals surface area contributed by atoms with Crippen LogP contribution in [-0.4, -0.2) is 0 Å². The summed E-state index contributed by atoms with van der Waals surface area (Å²) < 4.78 is 23.9. The predicted molar refractivity (Wildman–Crippen MR) is 29.7 cm³/mol. The molecule has 0 spiro atoms. The summed E-state index contributed by atoms with van der Waals surface area (Å²) in [4.78, 5) is 0. The Bertz CT molecular complexity index is 198. The summed E-state index contributed by atoms with van der Waals surface area (Å²) in [5, 5.41) is 8.00. The van der Waals surface area contributed by atoms with Gasteiger partial charge in [0.1, 0.15) is 0 Å². The van der Waals surface area contributed by atoms with Crippen LogP contribution in [0.2, 0.25) is 0 Å². The molecule has 48 valence electrons. The molecule has 0 N–H and O–H groups in total. The summed E-state index contributed by atoms with van der Waals surface area (Å²) in [5.41, 5.74) is -0.289. The molecule has 0 aromatic carbocycles. The van der Waals surface area contributed by atoms with Crippen molar-refractivity contribution in [2.75, 3.05) is 0 Å². The van der Waals surface area contributed by atoms with Gasteiger partial charge in [0.2, 0.25) is 0 Å². The highest BCUT2D eigenvalue weighted by atomic mass is 19.2. The van der Waals surface area contributed by atoms with E-state index in [4.69, 9.17) is 5.26 Å². The molecule has 0 amide bonds. The molecule has 0 aliphatic rings. The monoisotopic (exact) mass is 129 g/mol. The van der Waals surface area contributed by atoms with Crippen LogP contribution in [0.1, 0.15) is 6.92 Å². The SMILES string of the molecule is C=C(F)/C(F)=C(\C)C#N. The average Bonchev–Trinajstić information content (AvgIpc) is 1.84. The highest BCUT2D eigenvalue weighted by Crippen LogP contribution is 2.14. The second-order valence-corrected chi connectivity index (χ2v) is 1.46. The fraction of sp³-hybridized carbons (Fsp3) is 0.167. The zero-order chi connectivity index (χ0) is 7.44. The van der Waals surface area contributed by atoms with Gasteiger partial charge in [-0.25, -0.2) is 8.78 Å². The molecule has 3 heteroatoms. The summed E-state index contributed by atoms with van der Waals surface area (Å²) in [7, 11) is 0. The van der Waals surface area contributed by atoms with Crippen molar-refractivity contribution >= 4 is 0 Å². The Morgan fingerprint density at radius 3 is 2.11 bits per heavy atom. The van der Waals surface area contributed by atoms with Gasteiger partial charge in [-0.15, -0.1) is 0 Å². The number of rotatable bonds is 1. The quantitative estimate of drug-likeness (QED) is 0.393. The van der Waals surface area contributed by atoms with Gasteiger partial charge in [0.05, 0.1) is 11.6 Å². The number of hydrogen-bond acceptors (Lipinski definition) is 1. The molecule has 1 nitrogen and oxygen atoms in total. The summed E-state index contributed by atoms with van der Waals surface area (Å²) in [5.74, 6) is -2.37. The Hall–Kier alpha value is -1.17. The van der Waals surface area contributed by atoms with Crippen LogP contribution in [0.4, 0.5) is 8.78 Å². The molecule has 0 fully saturated rings. The zero-order valence-corrected chi connectivity index (χ0v) is 4.91. The molecule has 0 saturated carbocycles. The van der Waals surface area contributed by atoms with Crippen molar-refractivity contribution in [1.82, 2.24) is 0 Å². The Balaban J connectivity index is 4.54. The van der Waals surface area contributed by atoms with Crippen molar-refractivity contribution in [3.63, 3.8) is 0 Å². The van der Waals surface area contributed by atoms with Gasteiger partial charge < -0.3 is 0 Å². The number of nitriles is 1. The standard InChI is InChI=1S/C6H5F2N/c1-4(3-9)6(8)5(2)7/h2H2,1H3/b6-4-. The second-order valence-electron chi connectivity index (χ2n) is 1.46. The van der Waals surface area contributed by atoms with Crippen LogP contribution in [0.3, 0.4) is 0 Å². The normalized spacial score (nSPS) is 11.8. The summed E-state index contributed by atoms with van der Waals surface area (Å²) in [6, 6.07) is 1.45. The van der Waals surface area contributed by atoms with E-state index in [-0.39, 0.29) is 5.57 Å². The van der Waals surface area contributed by atoms with Crippen molar-refractivity contribution < 1.29 is 8.78 Å². The molecule has 0 unspecified atom stereocenters. The molecular weight excluding hydrogens is 124 g/mol. The van der Waals surface area contributed by atoms with Crippen LogP contribution in [-0.2, 0) is 0 Å². The molecular formula is C6H5F2N. The molecule has 0 aliphatic heterocycles. The lowest BCUT2D eigenvalue weighted by atomic mass is 10.3. The van der Waals surface area contributed by atoms with E-state index in [2.05, 4.69) is 6.58 Å². The fourth-order valence-electron chi connectivity index (χ4n) is 0.253. The first-order chi connectivity index (χ1) is 4.09. The maximum absolute atomic E-state index is 12.1. The number of hydrogen-bond donors (Lipinski definition) is 0. The fourth-order valence-corrected chi connectivity index (χ4v) is 0.253. The molecule has 0 saturated heterocycles. The van der Waals surface area contributed by atoms with E-state index >= 15 is 0 Å². The van der Waals surface area contributed by atoms with Crippen LogP contribution in [0.25, 0.3) is 0 Å². The first-order valence-electron chi connectivity index (χ1n) is 2.21. The third-order valence-electron chi connectivity index (χ3n) is 0.735. The molecule has 9 heavy (non-hydrogen) atoms. The van der Waals surface area contributed by atoms with Gasteiger partial charge in [0, 0.05) is 0 Å². The number of allylic oxidation sites excluding steroid dienone is 3. The minimum Gasteiger partial charge on any atom is -0.204 e. The third kappa shape index (κ3) is 2.04. The molecule has 0 aromatic heterocycles. The van der Waals surface area contributed by atoms with E-state index in [0.717, 1.165) is 0 Å². The lowest BCUT2D eigenvalue weighted by Crippen LogP contribution is -1.77. The van der Waals surface area contributed by atoms with Gasteiger partial charge in [-0.2, -0.15) is 5.26 Å². The highest BCUT2D eigenvalue weighted by Gasteiger charge is 2.03. The van der Waals surface area contributed by atoms with Crippen LogP contribution in [0.5, 0.6) is 0 Å². The van der Waals surface area contributed by atoms with Crippen LogP contribution in [0.15, 0.2) is 23.8 Å². The molecule has 0 rings (SSSR count). The second kappa shape index (κ2) is 2.98. The minimum absolute atomic E-state index is 0.289. The Morgan fingerprint density at radius 1 is 1.56 bits per heavy atom. The average molecular weight is 129 g/mol. The van der Waals surface area contributed by atoms with Gasteiger partial charge in [-0.1, -0.05) is 6.58 Å². The van der Waals surface area contributed by atoms with E-state index in [9.17, 15) is 8.78 Å². The van der Waals surface area contributed by atoms with Gasteiger partial charge in [-0.3, -0.25) is 0 Å². The van der Waals surface area contributed by atoms with E-state index in [1.165, 1.54) is 13.0 Å². The van der Waals surface area contributed by atoms with Gasteiger partial charge in [-0.05, 0) is 6.92 Å². The summed E-state index contributed by atoms with van der Waals surface area (Å²) in [6.07, 6.45) is 0. The summed E-state index contributed by atoms with van der Waals surface area (Å²) >= 11 is 0. The van der Waals surface area contributed by atoms with Crippen molar-refractivity contribution in [1.29, 1.82) is 5.26 Å². The number of nitrogens with zero attached hydrogens (tertiary/aromatic N) is 1. The van der Waals surface area contributed by atoms with E-state index in [0.29, 0.717) is 0 Å². The van der Waals surface area contributed by atoms with Gasteiger partial charge in [0.25, 0.3) is 0 Å². The number of halogens is 2. The minimum atomic E-state index is -1.20. The van der Waals surface area contributed by atoms with E-state index < -0.39 is 11.7 Å². The van der Waals surface area contributed by atoms with Crippen molar-refractivity contribution in [3.05, 3.63) is 23.8 Å². The molecule has 0 aromatic rings. The topological polar surface area (TPSA) is 23.8 Å². The zero-order valence-electron chi connectivity index (χ0n) is 4.91. The third-order valence-corrected chi connectivity index (χ3v) is 0.735. The maximum atomic E-state index is 12.1. The van der Waals surface area contributed by atoms with Crippen molar-refractivity contribution in [2.45, 2.75) is 6.92 Å². The van der Waals surface area contributed by atoms with Crippen LogP contribution < -0.4 is 0 Å².